The average Bonchev–Trinajstić information content (AvgIpc) is 3.10. The van der Waals surface area contributed by atoms with E-state index in [1.807, 2.05) is 21.9 Å². The maximum absolute atomic E-state index is 13.5. The van der Waals surface area contributed by atoms with Crippen molar-refractivity contribution >= 4 is 25.6 Å². The average molecular weight is 479 g/mol. The lowest BCUT2D eigenvalue weighted by atomic mass is 9.87. The van der Waals surface area contributed by atoms with E-state index in [0.29, 0.717) is 32.1 Å². The zero-order chi connectivity index (χ0) is 23.1. The monoisotopic (exact) mass is 478 g/mol. The minimum atomic E-state index is -3.80. The van der Waals surface area contributed by atoms with E-state index in [9.17, 15) is 16.8 Å². The molecule has 0 amide bonds. The lowest BCUT2D eigenvalue weighted by Crippen LogP contribution is -2.55. The number of piperazine rings is 1. The Balaban J connectivity index is 1.55. The van der Waals surface area contributed by atoms with Gasteiger partial charge in [-0.1, -0.05) is 32.9 Å². The molecule has 32 heavy (non-hydrogen) atoms. The third-order valence-electron chi connectivity index (χ3n) is 6.34. The van der Waals surface area contributed by atoms with Crippen LogP contribution in [0.3, 0.4) is 0 Å². The Kier molecular flexibility index (Phi) is 6.06. The van der Waals surface area contributed by atoms with Crippen LogP contribution in [-0.4, -0.2) is 80.7 Å². The molecule has 2 aromatic rings. The second kappa shape index (κ2) is 8.39. The fourth-order valence-corrected chi connectivity index (χ4v) is 9.29. The number of hydrogen-bond acceptors (Lipinski definition) is 8. The first-order valence-electron chi connectivity index (χ1n) is 10.8. The van der Waals surface area contributed by atoms with E-state index >= 15 is 0 Å². The summed E-state index contributed by atoms with van der Waals surface area (Å²) in [6.07, 6.45) is 3.37. The maximum atomic E-state index is 13.5. The third kappa shape index (κ3) is 4.67. The number of anilines is 1. The van der Waals surface area contributed by atoms with Crippen molar-refractivity contribution in [2.24, 2.45) is 0 Å². The van der Waals surface area contributed by atoms with E-state index in [0.717, 1.165) is 5.56 Å². The Labute approximate surface area is 190 Å². The molecule has 0 radical (unpaired) electrons. The summed E-state index contributed by atoms with van der Waals surface area (Å²) in [4.78, 5) is 12.8. The smallest absolute Gasteiger partial charge is 0.225 e. The highest BCUT2D eigenvalue weighted by atomic mass is 32.2. The summed E-state index contributed by atoms with van der Waals surface area (Å²) in [6, 6.07) is 8.08. The Hall–Kier alpha value is -2.04. The highest BCUT2D eigenvalue weighted by Crippen LogP contribution is 2.31. The Morgan fingerprint density at radius 1 is 0.938 bits per heavy atom. The topological polar surface area (TPSA) is 101 Å². The van der Waals surface area contributed by atoms with Gasteiger partial charge >= 0.3 is 0 Å². The van der Waals surface area contributed by atoms with E-state index in [2.05, 4.69) is 30.7 Å². The second-order valence-corrected chi connectivity index (χ2v) is 13.9. The first-order chi connectivity index (χ1) is 15.0. The van der Waals surface area contributed by atoms with Crippen molar-refractivity contribution in [3.63, 3.8) is 0 Å². The van der Waals surface area contributed by atoms with Gasteiger partial charge in [0.1, 0.15) is 0 Å². The van der Waals surface area contributed by atoms with Crippen molar-refractivity contribution in [2.45, 2.75) is 42.4 Å². The molecule has 8 nitrogen and oxygen atoms in total. The highest BCUT2D eigenvalue weighted by molar-refractivity contribution is 7.96. The van der Waals surface area contributed by atoms with Crippen LogP contribution in [0.5, 0.6) is 0 Å². The molecule has 2 aliphatic rings. The normalized spacial score (nSPS) is 24.5. The Bertz CT molecular complexity index is 1150. The molecule has 0 unspecified atom stereocenters. The van der Waals surface area contributed by atoms with Crippen LogP contribution in [0.4, 0.5) is 5.95 Å². The molecule has 0 saturated carbocycles. The second-order valence-electron chi connectivity index (χ2n) is 9.57. The van der Waals surface area contributed by atoms with Crippen LogP contribution in [0, 0.1) is 0 Å². The molecule has 0 N–H and O–H groups in total. The molecule has 0 spiro atoms. The van der Waals surface area contributed by atoms with Crippen molar-refractivity contribution in [3.05, 3.63) is 48.3 Å². The molecule has 2 aliphatic heterocycles. The van der Waals surface area contributed by atoms with Crippen LogP contribution in [-0.2, 0) is 25.1 Å². The van der Waals surface area contributed by atoms with Gasteiger partial charge in [0.2, 0.25) is 5.95 Å². The molecule has 3 heterocycles. The Morgan fingerprint density at radius 2 is 1.53 bits per heavy atom. The number of sulfone groups is 2. The van der Waals surface area contributed by atoms with Crippen molar-refractivity contribution in [1.82, 2.24) is 14.9 Å². The quantitative estimate of drug-likeness (QED) is 0.652. The molecule has 2 fully saturated rings. The standard InChI is InChI=1S/C22H30N4O4S2/c1-22(2,3)17-5-7-18(8-6-17)32(29,30)20-16-31(27,28)15-19(20)25-11-13-26(14-12-25)21-23-9-4-10-24-21/h4-10,19-20H,11-16H2,1-3H3/t19-,20+/m1/s1. The molecular formula is C22H30N4O4S2. The number of aromatic nitrogens is 2. The zero-order valence-electron chi connectivity index (χ0n) is 18.7. The van der Waals surface area contributed by atoms with Gasteiger partial charge in [0.05, 0.1) is 21.7 Å². The third-order valence-corrected chi connectivity index (χ3v) is 10.5. The van der Waals surface area contributed by atoms with E-state index in [-0.39, 0.29) is 21.8 Å². The summed E-state index contributed by atoms with van der Waals surface area (Å²) < 4.78 is 52.0. The number of rotatable bonds is 4. The van der Waals surface area contributed by atoms with Crippen LogP contribution < -0.4 is 4.90 Å². The maximum Gasteiger partial charge on any atom is 0.225 e. The van der Waals surface area contributed by atoms with E-state index in [1.54, 1.807) is 30.6 Å². The summed E-state index contributed by atoms with van der Waals surface area (Å²) in [6.45, 7) is 8.56. The fourth-order valence-electron chi connectivity index (χ4n) is 4.46. The molecule has 10 heteroatoms. The fraction of sp³-hybridized carbons (Fsp3) is 0.545. The van der Waals surface area contributed by atoms with Crippen LogP contribution in [0.25, 0.3) is 0 Å². The van der Waals surface area contributed by atoms with Gasteiger partial charge < -0.3 is 4.90 Å². The highest BCUT2D eigenvalue weighted by Gasteiger charge is 2.48. The van der Waals surface area contributed by atoms with Crippen LogP contribution in [0.15, 0.2) is 47.6 Å². The molecule has 0 bridgehead atoms. The van der Waals surface area contributed by atoms with Gasteiger partial charge in [-0.25, -0.2) is 26.8 Å². The van der Waals surface area contributed by atoms with Gasteiger partial charge in [-0.2, -0.15) is 0 Å². The SMILES string of the molecule is CC(C)(C)c1ccc(S(=O)(=O)[C@H]2CS(=O)(=O)C[C@H]2N2CCN(c3ncccn3)CC2)cc1. The van der Waals surface area contributed by atoms with Crippen molar-refractivity contribution < 1.29 is 16.8 Å². The molecule has 0 aliphatic carbocycles. The van der Waals surface area contributed by atoms with E-state index in [1.165, 1.54) is 0 Å². The van der Waals surface area contributed by atoms with Crippen molar-refractivity contribution in [2.75, 3.05) is 42.6 Å². The summed E-state index contributed by atoms with van der Waals surface area (Å²) in [7, 11) is -7.24. The predicted molar refractivity (Wildman–Crippen MR) is 124 cm³/mol. The van der Waals surface area contributed by atoms with Gasteiger partial charge in [0.25, 0.3) is 0 Å². The van der Waals surface area contributed by atoms with E-state index < -0.39 is 31.0 Å². The van der Waals surface area contributed by atoms with Gasteiger partial charge in [-0.05, 0) is 29.2 Å². The van der Waals surface area contributed by atoms with Gasteiger partial charge in [-0.15, -0.1) is 0 Å². The predicted octanol–water partition coefficient (Wildman–Crippen LogP) is 1.54. The van der Waals surface area contributed by atoms with Gasteiger partial charge in [0, 0.05) is 44.6 Å². The first-order valence-corrected chi connectivity index (χ1v) is 14.1. The van der Waals surface area contributed by atoms with Crippen LogP contribution in [0.2, 0.25) is 0 Å². The largest absolute Gasteiger partial charge is 0.338 e. The molecule has 4 rings (SSSR count). The molecular weight excluding hydrogens is 448 g/mol. The number of hydrogen-bond donors (Lipinski definition) is 0. The zero-order valence-corrected chi connectivity index (χ0v) is 20.3. The molecule has 174 valence electrons. The molecule has 2 saturated heterocycles. The van der Waals surface area contributed by atoms with Crippen LogP contribution >= 0.6 is 0 Å². The summed E-state index contributed by atoms with van der Waals surface area (Å²) in [5.74, 6) is 0.177. The Morgan fingerprint density at radius 3 is 2.09 bits per heavy atom. The number of nitrogens with zero attached hydrogens (tertiary/aromatic N) is 4. The summed E-state index contributed by atoms with van der Waals surface area (Å²) >= 11 is 0. The van der Waals surface area contributed by atoms with Crippen molar-refractivity contribution in [1.29, 1.82) is 0 Å². The first kappa shape index (κ1) is 23.1. The lowest BCUT2D eigenvalue weighted by Gasteiger charge is -2.39. The van der Waals surface area contributed by atoms with Gasteiger partial charge in [0.15, 0.2) is 19.7 Å². The summed E-state index contributed by atoms with van der Waals surface area (Å²) in [5, 5.41) is -0.965. The minimum Gasteiger partial charge on any atom is -0.338 e. The molecule has 1 aromatic heterocycles. The molecule has 1 aromatic carbocycles. The van der Waals surface area contributed by atoms with E-state index in [4.69, 9.17) is 0 Å². The molecule has 2 atom stereocenters. The number of benzene rings is 1. The lowest BCUT2D eigenvalue weighted by molar-refractivity contribution is 0.201. The summed E-state index contributed by atoms with van der Waals surface area (Å²) in [5.41, 5.74) is 0.940. The van der Waals surface area contributed by atoms with Gasteiger partial charge in [-0.3, -0.25) is 4.90 Å². The van der Waals surface area contributed by atoms with Crippen LogP contribution in [0.1, 0.15) is 26.3 Å². The minimum absolute atomic E-state index is 0.0936. The van der Waals surface area contributed by atoms with Crippen molar-refractivity contribution in [3.8, 4) is 0 Å².